The molecule has 6 nitrogen and oxygen atoms in total. The highest BCUT2D eigenvalue weighted by atomic mass is 35.5. The number of para-hydroxylation sites is 1. The van der Waals surface area contributed by atoms with Gasteiger partial charge in [0.05, 0.1) is 27.3 Å². The molecule has 26 heavy (non-hydrogen) atoms. The second kappa shape index (κ2) is 6.46. The summed E-state index contributed by atoms with van der Waals surface area (Å²) in [5.41, 5.74) is 1.81. The van der Waals surface area contributed by atoms with E-state index in [2.05, 4.69) is 4.99 Å². The van der Waals surface area contributed by atoms with Crippen LogP contribution in [0.15, 0.2) is 39.7 Å². The summed E-state index contributed by atoms with van der Waals surface area (Å²) >= 11 is 6.12. The molecule has 1 heterocycles. The number of aliphatic imine (C=N–C) groups is 1. The number of furan rings is 1. The van der Waals surface area contributed by atoms with E-state index in [4.69, 9.17) is 16.0 Å². The maximum absolute atomic E-state index is 11.3. The van der Waals surface area contributed by atoms with Crippen LogP contribution in [0.5, 0.6) is 5.75 Å². The number of hydrogen-bond donors (Lipinski definition) is 1. The number of rotatable bonds is 3. The first-order valence-corrected chi connectivity index (χ1v) is 8.67. The maximum Gasteiger partial charge on any atom is 0.315 e. The molecule has 0 bridgehead atoms. The monoisotopic (exact) mass is 370 g/mol. The van der Waals surface area contributed by atoms with Crippen molar-refractivity contribution in [3.05, 3.63) is 62.4 Å². The van der Waals surface area contributed by atoms with Crippen LogP contribution in [-0.4, -0.2) is 16.2 Å². The van der Waals surface area contributed by atoms with Gasteiger partial charge in [-0.2, -0.15) is 0 Å². The molecule has 0 radical (unpaired) electrons. The smallest absolute Gasteiger partial charge is 0.315 e. The van der Waals surface area contributed by atoms with Crippen molar-refractivity contribution in [2.24, 2.45) is 4.99 Å². The highest BCUT2D eigenvalue weighted by molar-refractivity contribution is 6.33. The number of aryl methyl sites for hydroxylation is 2. The van der Waals surface area contributed by atoms with Gasteiger partial charge in [0.2, 0.25) is 5.75 Å². The summed E-state index contributed by atoms with van der Waals surface area (Å²) in [5, 5.41) is 23.0. The Bertz CT molecular complexity index is 1060. The van der Waals surface area contributed by atoms with Crippen LogP contribution in [0.25, 0.3) is 11.0 Å². The molecule has 0 saturated carbocycles. The highest BCUT2D eigenvalue weighted by Crippen LogP contribution is 2.41. The average Bonchev–Trinajstić information content (AvgIpc) is 3.00. The molecule has 0 amide bonds. The zero-order chi connectivity index (χ0) is 18.3. The molecule has 1 aromatic heterocycles. The van der Waals surface area contributed by atoms with Crippen LogP contribution in [0.3, 0.4) is 0 Å². The normalized spacial score (nSPS) is 14.0. The topological polar surface area (TPSA) is 88.9 Å². The summed E-state index contributed by atoms with van der Waals surface area (Å²) in [6.45, 7) is 0. The Labute approximate surface area is 153 Å². The SMILES string of the molecule is O=[N+]([O-])c1cc2oc3c(c2c(C=Nc2ccccc2Cl)c1O)CCCC3. The molecule has 1 N–H and O–H groups in total. The molecule has 2 aromatic carbocycles. The van der Waals surface area contributed by atoms with Gasteiger partial charge < -0.3 is 9.52 Å². The third-order valence-electron chi connectivity index (χ3n) is 4.62. The van der Waals surface area contributed by atoms with Gasteiger partial charge in [-0.25, -0.2) is 0 Å². The number of nitro benzene ring substituents is 1. The summed E-state index contributed by atoms with van der Waals surface area (Å²) in [7, 11) is 0. The number of aromatic hydroxyl groups is 1. The first-order valence-electron chi connectivity index (χ1n) is 8.29. The number of nitro groups is 1. The zero-order valence-corrected chi connectivity index (χ0v) is 14.5. The maximum atomic E-state index is 11.3. The van der Waals surface area contributed by atoms with E-state index in [0.717, 1.165) is 37.0 Å². The standard InChI is InChI=1S/C19H15ClN2O4/c20-13-6-2-3-7-14(13)21-10-12-18-11-5-1-4-8-16(11)26-17(18)9-15(19(12)23)22(24)25/h2-3,6-7,9-10,23H,1,4-5,8H2. The van der Waals surface area contributed by atoms with Gasteiger partial charge in [-0.1, -0.05) is 23.7 Å². The number of hydrogen-bond acceptors (Lipinski definition) is 5. The predicted octanol–water partition coefficient (Wildman–Crippen LogP) is 5.33. The van der Waals surface area contributed by atoms with E-state index >= 15 is 0 Å². The molecule has 1 aliphatic rings. The van der Waals surface area contributed by atoms with E-state index in [1.165, 1.54) is 12.3 Å². The zero-order valence-electron chi connectivity index (χ0n) is 13.7. The second-order valence-corrected chi connectivity index (χ2v) is 6.62. The van der Waals surface area contributed by atoms with Gasteiger partial charge >= 0.3 is 5.69 Å². The van der Waals surface area contributed by atoms with Crippen LogP contribution in [0.4, 0.5) is 11.4 Å². The van der Waals surface area contributed by atoms with Crippen molar-refractivity contribution in [2.75, 3.05) is 0 Å². The first-order chi connectivity index (χ1) is 12.6. The molecule has 0 fully saturated rings. The molecule has 4 rings (SSSR count). The Hall–Kier alpha value is -2.86. The van der Waals surface area contributed by atoms with Crippen LogP contribution in [-0.2, 0) is 12.8 Å². The number of phenolic OH excluding ortho intramolecular Hbond substituents is 1. The van der Waals surface area contributed by atoms with Gasteiger partial charge in [-0.15, -0.1) is 0 Å². The highest BCUT2D eigenvalue weighted by Gasteiger charge is 2.27. The number of halogens is 1. The molecule has 132 valence electrons. The molecule has 0 unspecified atom stereocenters. The van der Waals surface area contributed by atoms with E-state index in [1.54, 1.807) is 24.3 Å². The largest absolute Gasteiger partial charge is 0.502 e. The van der Waals surface area contributed by atoms with Gasteiger partial charge in [0.25, 0.3) is 0 Å². The van der Waals surface area contributed by atoms with Crippen molar-refractivity contribution in [1.29, 1.82) is 0 Å². The lowest BCUT2D eigenvalue weighted by molar-refractivity contribution is -0.385. The van der Waals surface area contributed by atoms with Gasteiger partial charge in [0.15, 0.2) is 0 Å². The Kier molecular flexibility index (Phi) is 4.12. The fraction of sp³-hybridized carbons (Fsp3) is 0.211. The first kappa shape index (κ1) is 16.6. The Morgan fingerprint density at radius 3 is 2.81 bits per heavy atom. The molecular weight excluding hydrogens is 356 g/mol. The van der Waals surface area contributed by atoms with E-state index in [9.17, 15) is 15.2 Å². The van der Waals surface area contributed by atoms with Crippen LogP contribution in [0.2, 0.25) is 5.02 Å². The molecular formula is C19H15ClN2O4. The van der Waals surface area contributed by atoms with E-state index in [0.29, 0.717) is 27.2 Å². The van der Waals surface area contributed by atoms with Crippen LogP contribution < -0.4 is 0 Å². The van der Waals surface area contributed by atoms with Gasteiger partial charge in [0, 0.05) is 23.6 Å². The number of benzene rings is 2. The lowest BCUT2D eigenvalue weighted by atomic mass is 9.93. The fourth-order valence-corrected chi connectivity index (χ4v) is 3.57. The minimum absolute atomic E-state index is 0.293. The number of phenols is 1. The van der Waals surface area contributed by atoms with Crippen LogP contribution in [0.1, 0.15) is 29.7 Å². The summed E-state index contributed by atoms with van der Waals surface area (Å²) in [6.07, 6.45) is 5.06. The average molecular weight is 371 g/mol. The Morgan fingerprint density at radius 2 is 2.04 bits per heavy atom. The van der Waals surface area contributed by atoms with Gasteiger partial charge in [0.1, 0.15) is 11.3 Å². The third-order valence-corrected chi connectivity index (χ3v) is 4.93. The molecule has 0 spiro atoms. The van der Waals surface area contributed by atoms with Crippen LogP contribution >= 0.6 is 11.6 Å². The molecule has 0 aliphatic heterocycles. The fourth-order valence-electron chi connectivity index (χ4n) is 3.39. The lowest BCUT2D eigenvalue weighted by Gasteiger charge is -2.10. The molecule has 0 saturated heterocycles. The third kappa shape index (κ3) is 2.72. The summed E-state index contributed by atoms with van der Waals surface area (Å²) < 4.78 is 5.85. The minimum atomic E-state index is -0.622. The van der Waals surface area contributed by atoms with Crippen molar-refractivity contribution in [2.45, 2.75) is 25.7 Å². The van der Waals surface area contributed by atoms with Gasteiger partial charge in [-0.3, -0.25) is 15.1 Å². The van der Waals surface area contributed by atoms with Crippen LogP contribution in [0, 0.1) is 10.1 Å². The second-order valence-electron chi connectivity index (χ2n) is 6.21. The van der Waals surface area contributed by atoms with Crippen molar-refractivity contribution in [3.8, 4) is 5.75 Å². The van der Waals surface area contributed by atoms with E-state index in [-0.39, 0.29) is 0 Å². The number of fused-ring (bicyclic) bond motifs is 3. The van der Waals surface area contributed by atoms with Gasteiger partial charge in [-0.05, 0) is 31.4 Å². The van der Waals surface area contributed by atoms with E-state index in [1.807, 2.05) is 0 Å². The predicted molar refractivity (Wildman–Crippen MR) is 99.9 cm³/mol. The molecule has 7 heteroatoms. The lowest BCUT2D eigenvalue weighted by Crippen LogP contribution is -2.00. The Balaban J connectivity index is 1.96. The Morgan fingerprint density at radius 1 is 1.27 bits per heavy atom. The summed E-state index contributed by atoms with van der Waals surface area (Å²) in [5.74, 6) is 0.422. The minimum Gasteiger partial charge on any atom is -0.502 e. The van der Waals surface area contributed by atoms with E-state index < -0.39 is 16.4 Å². The summed E-state index contributed by atoms with van der Waals surface area (Å²) in [4.78, 5) is 15.0. The quantitative estimate of drug-likeness (QED) is 0.383. The molecule has 3 aromatic rings. The molecule has 0 atom stereocenters. The number of nitrogens with zero attached hydrogens (tertiary/aromatic N) is 2. The molecule has 1 aliphatic carbocycles. The van der Waals surface area contributed by atoms with Crippen molar-refractivity contribution in [3.63, 3.8) is 0 Å². The van der Waals surface area contributed by atoms with Crippen molar-refractivity contribution < 1.29 is 14.4 Å². The van der Waals surface area contributed by atoms with Crippen molar-refractivity contribution >= 4 is 40.2 Å². The van der Waals surface area contributed by atoms with Crippen molar-refractivity contribution in [1.82, 2.24) is 0 Å². The summed E-state index contributed by atoms with van der Waals surface area (Å²) in [6, 6.07) is 8.31.